The van der Waals surface area contributed by atoms with Gasteiger partial charge in [-0.1, -0.05) is 41.5 Å². The fourth-order valence-corrected chi connectivity index (χ4v) is 3.86. The minimum atomic E-state index is 0.638. The molecular formula is C24H31N3OS. The van der Waals surface area contributed by atoms with Gasteiger partial charge >= 0.3 is 0 Å². The van der Waals surface area contributed by atoms with Crippen LogP contribution < -0.4 is 5.32 Å². The summed E-state index contributed by atoms with van der Waals surface area (Å²) in [6.45, 7) is 9.41. The summed E-state index contributed by atoms with van der Waals surface area (Å²) in [5.74, 6) is 0. The van der Waals surface area contributed by atoms with E-state index in [0.717, 1.165) is 24.6 Å². The molecule has 0 atom stereocenters. The van der Waals surface area contributed by atoms with E-state index >= 15 is 0 Å². The van der Waals surface area contributed by atoms with Crippen LogP contribution in [0.2, 0.25) is 0 Å². The van der Waals surface area contributed by atoms with Gasteiger partial charge in [-0.2, -0.15) is 0 Å². The Balaban J connectivity index is 1.77. The second kappa shape index (κ2) is 9.90. The first-order chi connectivity index (χ1) is 14.0. The zero-order valence-corrected chi connectivity index (χ0v) is 18.7. The van der Waals surface area contributed by atoms with Crippen molar-refractivity contribution < 1.29 is 4.74 Å². The molecule has 0 saturated carbocycles. The lowest BCUT2D eigenvalue weighted by molar-refractivity contribution is 0.203. The van der Waals surface area contributed by atoms with Gasteiger partial charge in [-0.3, -0.25) is 0 Å². The van der Waals surface area contributed by atoms with Crippen molar-refractivity contribution in [3.63, 3.8) is 0 Å². The van der Waals surface area contributed by atoms with E-state index in [1.807, 2.05) is 0 Å². The summed E-state index contributed by atoms with van der Waals surface area (Å²) >= 11 is 5.71. The number of nitrogens with zero attached hydrogens (tertiary/aromatic N) is 1. The summed E-state index contributed by atoms with van der Waals surface area (Å²) < 4.78 is 5.15. The summed E-state index contributed by atoms with van der Waals surface area (Å²) in [5, 5.41) is 5.42. The smallest absolute Gasteiger partial charge is 0.169 e. The van der Waals surface area contributed by atoms with Crippen molar-refractivity contribution in [3.8, 4) is 0 Å². The van der Waals surface area contributed by atoms with Crippen molar-refractivity contribution >= 4 is 28.2 Å². The van der Waals surface area contributed by atoms with Gasteiger partial charge in [-0.25, -0.2) is 0 Å². The highest BCUT2D eigenvalue weighted by Gasteiger charge is 2.14. The van der Waals surface area contributed by atoms with E-state index in [4.69, 9.17) is 17.0 Å². The molecular weight excluding hydrogens is 378 g/mol. The molecule has 29 heavy (non-hydrogen) atoms. The molecule has 0 amide bonds. The van der Waals surface area contributed by atoms with Gasteiger partial charge < -0.3 is 19.9 Å². The number of benzene rings is 2. The number of thiocarbonyl (C=S) groups is 1. The van der Waals surface area contributed by atoms with Gasteiger partial charge in [0.05, 0.1) is 6.61 Å². The van der Waals surface area contributed by atoms with Gasteiger partial charge in [-0.05, 0) is 62.7 Å². The van der Waals surface area contributed by atoms with E-state index in [2.05, 4.69) is 78.4 Å². The number of rotatable bonds is 8. The molecule has 1 aromatic heterocycles. The van der Waals surface area contributed by atoms with Crippen molar-refractivity contribution in [1.29, 1.82) is 0 Å². The van der Waals surface area contributed by atoms with Gasteiger partial charge in [0.25, 0.3) is 0 Å². The maximum Gasteiger partial charge on any atom is 0.169 e. The molecule has 0 aliphatic carbocycles. The summed E-state index contributed by atoms with van der Waals surface area (Å²) in [5.41, 5.74) is 7.63. The molecule has 0 aliphatic heterocycles. The number of aromatic nitrogens is 1. The van der Waals surface area contributed by atoms with E-state index in [-0.39, 0.29) is 0 Å². The van der Waals surface area contributed by atoms with Crippen LogP contribution in [-0.2, 0) is 17.7 Å². The monoisotopic (exact) mass is 409 g/mol. The number of aryl methyl sites for hydroxylation is 3. The third-order valence-corrected chi connectivity index (χ3v) is 5.67. The van der Waals surface area contributed by atoms with Crippen molar-refractivity contribution in [3.05, 3.63) is 70.4 Å². The maximum atomic E-state index is 5.71. The van der Waals surface area contributed by atoms with Crippen LogP contribution in [0.4, 0.5) is 0 Å². The van der Waals surface area contributed by atoms with E-state index in [1.54, 1.807) is 7.11 Å². The fraction of sp³-hybridized carbons (Fsp3) is 0.375. The maximum absolute atomic E-state index is 5.71. The molecule has 0 spiro atoms. The number of nitrogens with one attached hydrogen (secondary N) is 2. The second-order valence-electron chi connectivity index (χ2n) is 7.66. The largest absolute Gasteiger partial charge is 0.383 e. The Bertz CT molecular complexity index is 962. The molecule has 2 N–H and O–H groups in total. The van der Waals surface area contributed by atoms with Gasteiger partial charge in [0.2, 0.25) is 0 Å². The molecule has 154 valence electrons. The molecule has 4 nitrogen and oxygen atoms in total. The zero-order valence-electron chi connectivity index (χ0n) is 17.8. The Morgan fingerprint density at radius 3 is 2.52 bits per heavy atom. The molecule has 0 unspecified atom stereocenters. The number of hydrogen-bond donors (Lipinski definition) is 2. The van der Waals surface area contributed by atoms with Crippen LogP contribution in [0.25, 0.3) is 10.9 Å². The average molecular weight is 410 g/mol. The quantitative estimate of drug-likeness (QED) is 0.419. The fourth-order valence-electron chi connectivity index (χ4n) is 3.60. The lowest BCUT2D eigenvalue weighted by Gasteiger charge is -2.26. The number of H-pyrrole nitrogens is 1. The molecule has 1 heterocycles. The molecule has 3 aromatic rings. The third kappa shape index (κ3) is 5.58. The van der Waals surface area contributed by atoms with Crippen molar-refractivity contribution in [2.24, 2.45) is 0 Å². The summed E-state index contributed by atoms with van der Waals surface area (Å²) in [6.07, 6.45) is 0.938. The van der Waals surface area contributed by atoms with Crippen LogP contribution in [0.5, 0.6) is 0 Å². The normalized spacial score (nSPS) is 11.0. The molecule has 0 radical (unpaired) electrons. The van der Waals surface area contributed by atoms with Crippen LogP contribution in [0.3, 0.4) is 0 Å². The SMILES string of the molecule is COCCNC(=S)N(CCc1c(C)[nH]c2ccc(C)cc12)Cc1ccc(C)cc1. The predicted molar refractivity (Wildman–Crippen MR) is 126 cm³/mol. The second-order valence-corrected chi connectivity index (χ2v) is 8.05. The number of ether oxygens (including phenoxy) is 1. The van der Waals surface area contributed by atoms with Crippen molar-refractivity contribution in [2.75, 3.05) is 26.8 Å². The van der Waals surface area contributed by atoms with Crippen LogP contribution in [-0.4, -0.2) is 41.8 Å². The molecule has 5 heteroatoms. The molecule has 0 bridgehead atoms. The van der Waals surface area contributed by atoms with Gasteiger partial charge in [0, 0.05) is 43.3 Å². The van der Waals surface area contributed by atoms with Crippen molar-refractivity contribution in [1.82, 2.24) is 15.2 Å². The number of fused-ring (bicyclic) bond motifs is 1. The highest BCUT2D eigenvalue weighted by atomic mass is 32.1. The van der Waals surface area contributed by atoms with E-state index in [1.165, 1.54) is 38.9 Å². The van der Waals surface area contributed by atoms with E-state index in [0.29, 0.717) is 13.2 Å². The van der Waals surface area contributed by atoms with Gasteiger partial charge in [-0.15, -0.1) is 0 Å². The van der Waals surface area contributed by atoms with Gasteiger partial charge in [0.1, 0.15) is 0 Å². The minimum absolute atomic E-state index is 0.638. The van der Waals surface area contributed by atoms with E-state index in [9.17, 15) is 0 Å². The predicted octanol–water partition coefficient (Wildman–Crippen LogP) is 4.66. The average Bonchev–Trinajstić information content (AvgIpc) is 3.01. The Morgan fingerprint density at radius 1 is 1.07 bits per heavy atom. The highest BCUT2D eigenvalue weighted by molar-refractivity contribution is 7.80. The third-order valence-electron chi connectivity index (χ3n) is 5.27. The zero-order chi connectivity index (χ0) is 20.8. The molecule has 0 aliphatic rings. The molecule has 2 aromatic carbocycles. The van der Waals surface area contributed by atoms with E-state index < -0.39 is 0 Å². The minimum Gasteiger partial charge on any atom is -0.383 e. The first-order valence-electron chi connectivity index (χ1n) is 10.1. The van der Waals surface area contributed by atoms with Crippen LogP contribution in [0.15, 0.2) is 42.5 Å². The Morgan fingerprint density at radius 2 is 1.79 bits per heavy atom. The Labute approximate surface area is 179 Å². The van der Waals surface area contributed by atoms with Gasteiger partial charge in [0.15, 0.2) is 5.11 Å². The van der Waals surface area contributed by atoms with Crippen LogP contribution >= 0.6 is 12.2 Å². The molecule has 0 saturated heterocycles. The van der Waals surface area contributed by atoms with Crippen LogP contribution in [0.1, 0.15) is 27.9 Å². The number of hydrogen-bond acceptors (Lipinski definition) is 2. The lowest BCUT2D eigenvalue weighted by atomic mass is 10.1. The van der Waals surface area contributed by atoms with Crippen molar-refractivity contribution in [2.45, 2.75) is 33.7 Å². The first-order valence-corrected chi connectivity index (χ1v) is 10.5. The molecule has 0 fully saturated rings. The first kappa shape index (κ1) is 21.3. The summed E-state index contributed by atoms with van der Waals surface area (Å²) in [6, 6.07) is 15.3. The Kier molecular flexibility index (Phi) is 7.29. The summed E-state index contributed by atoms with van der Waals surface area (Å²) in [7, 11) is 1.70. The highest BCUT2D eigenvalue weighted by Crippen LogP contribution is 2.24. The number of methoxy groups -OCH3 is 1. The Hall–Kier alpha value is -2.37. The van der Waals surface area contributed by atoms with Crippen LogP contribution in [0, 0.1) is 20.8 Å². The topological polar surface area (TPSA) is 40.3 Å². The standard InChI is InChI=1S/C24H31N3OS/c1-17-5-8-20(9-6-17)16-27(24(29)25-12-14-28-4)13-11-21-19(3)26-23-10-7-18(2)15-22(21)23/h5-10,15,26H,11-14,16H2,1-4H3,(H,25,29). The number of aromatic amines is 1. The lowest BCUT2D eigenvalue weighted by Crippen LogP contribution is -2.41. The summed E-state index contributed by atoms with van der Waals surface area (Å²) in [4.78, 5) is 5.78. The molecule has 3 rings (SSSR count).